The highest BCUT2D eigenvalue weighted by Crippen LogP contribution is 2.15. The van der Waals surface area contributed by atoms with E-state index in [-0.39, 0.29) is 0 Å². The zero-order valence-corrected chi connectivity index (χ0v) is 11.5. The number of nitrogens with zero attached hydrogens (tertiary/aromatic N) is 1. The molecule has 1 heterocycles. The molecule has 0 aliphatic carbocycles. The molecule has 0 aliphatic heterocycles. The van der Waals surface area contributed by atoms with E-state index in [0.29, 0.717) is 4.90 Å². The van der Waals surface area contributed by atoms with Crippen LogP contribution in [0.15, 0.2) is 41.4 Å². The zero-order chi connectivity index (χ0) is 13.1. The molecule has 0 saturated heterocycles. The Morgan fingerprint density at radius 3 is 2.35 bits per heavy atom. The van der Waals surface area contributed by atoms with Gasteiger partial charge in [0, 0.05) is 23.8 Å². The smallest absolute Gasteiger partial charge is 0.213 e. The second-order valence-corrected chi connectivity index (χ2v) is 5.63. The van der Waals surface area contributed by atoms with Crippen LogP contribution in [0.5, 0.6) is 0 Å². The lowest BCUT2D eigenvalue weighted by molar-refractivity contribution is -0.645. The lowest BCUT2D eigenvalue weighted by atomic mass is 10.2. The third-order valence-electron chi connectivity index (χ3n) is 2.40. The average molecular weight is 252 g/mol. The topological polar surface area (TPSA) is 38.0 Å². The molecular formula is C13H18NO2S+. The third-order valence-corrected chi connectivity index (χ3v) is 3.51. The first-order valence-corrected chi connectivity index (χ1v) is 7.46. The Bertz CT molecular complexity index is 618. The van der Waals surface area contributed by atoms with E-state index in [1.54, 1.807) is 12.1 Å². The minimum absolute atomic E-state index is 0.358. The molecule has 0 spiro atoms. The van der Waals surface area contributed by atoms with Crippen molar-refractivity contribution in [1.29, 1.82) is 0 Å². The Morgan fingerprint density at radius 1 is 1.12 bits per heavy atom. The van der Waals surface area contributed by atoms with Gasteiger partial charge in [0.25, 0.3) is 0 Å². The maximum absolute atomic E-state index is 11.4. The molecule has 0 radical (unpaired) electrons. The quantitative estimate of drug-likeness (QED) is 0.729. The van der Waals surface area contributed by atoms with Gasteiger partial charge in [-0.25, -0.2) is 13.0 Å². The van der Waals surface area contributed by atoms with Crippen LogP contribution in [-0.2, 0) is 16.9 Å². The van der Waals surface area contributed by atoms with Gasteiger partial charge in [-0.1, -0.05) is 13.8 Å². The monoisotopic (exact) mass is 252 g/mol. The van der Waals surface area contributed by atoms with Gasteiger partial charge in [-0.3, -0.25) is 0 Å². The largest absolute Gasteiger partial charge is 0.224 e. The highest BCUT2D eigenvalue weighted by atomic mass is 32.2. The third kappa shape index (κ3) is 3.03. The SMILES string of the molecule is CC.C[n+]1cccc2ccc(S(C)(=O)=O)cc21. The molecule has 0 fully saturated rings. The van der Waals surface area contributed by atoms with E-state index in [1.807, 2.05) is 49.9 Å². The van der Waals surface area contributed by atoms with E-state index in [9.17, 15) is 8.42 Å². The zero-order valence-electron chi connectivity index (χ0n) is 10.6. The lowest BCUT2D eigenvalue weighted by Gasteiger charge is -1.99. The predicted octanol–water partition coefficient (Wildman–Crippen LogP) is 2.09. The molecule has 0 saturated carbocycles. The van der Waals surface area contributed by atoms with Gasteiger partial charge in [0.1, 0.15) is 7.05 Å². The molecule has 4 heteroatoms. The van der Waals surface area contributed by atoms with Crippen molar-refractivity contribution in [2.24, 2.45) is 7.05 Å². The van der Waals surface area contributed by atoms with Crippen LogP contribution < -0.4 is 4.57 Å². The van der Waals surface area contributed by atoms with Crippen molar-refractivity contribution in [1.82, 2.24) is 0 Å². The van der Waals surface area contributed by atoms with Gasteiger partial charge in [-0.05, 0) is 18.2 Å². The van der Waals surface area contributed by atoms with Crippen LogP contribution in [0.2, 0.25) is 0 Å². The number of pyridine rings is 1. The number of benzene rings is 1. The second kappa shape index (κ2) is 5.27. The number of rotatable bonds is 1. The molecule has 2 aromatic rings. The molecule has 1 aromatic carbocycles. The Hall–Kier alpha value is -1.42. The number of fused-ring (bicyclic) bond motifs is 1. The van der Waals surface area contributed by atoms with Gasteiger partial charge < -0.3 is 0 Å². The Labute approximate surface area is 103 Å². The van der Waals surface area contributed by atoms with Gasteiger partial charge in [-0.15, -0.1) is 0 Å². The van der Waals surface area contributed by atoms with Crippen LogP contribution in [0.4, 0.5) is 0 Å². The molecule has 1 aromatic heterocycles. The molecule has 0 aliphatic rings. The fraction of sp³-hybridized carbons (Fsp3) is 0.308. The summed E-state index contributed by atoms with van der Waals surface area (Å²) in [6.07, 6.45) is 3.12. The number of hydrogen-bond acceptors (Lipinski definition) is 2. The molecule has 0 atom stereocenters. The maximum atomic E-state index is 11.4. The van der Waals surface area contributed by atoms with Crippen LogP contribution in [0.25, 0.3) is 10.9 Å². The number of aromatic nitrogens is 1. The number of hydrogen-bond donors (Lipinski definition) is 0. The maximum Gasteiger partial charge on any atom is 0.213 e. The summed E-state index contributed by atoms with van der Waals surface area (Å²) in [7, 11) is -1.23. The highest BCUT2D eigenvalue weighted by molar-refractivity contribution is 7.90. The van der Waals surface area contributed by atoms with Crippen molar-refractivity contribution in [3.63, 3.8) is 0 Å². The summed E-state index contributed by atoms with van der Waals surface area (Å²) in [5, 5.41) is 1.03. The van der Waals surface area contributed by atoms with Gasteiger partial charge in [0.05, 0.1) is 4.90 Å². The minimum Gasteiger partial charge on any atom is -0.224 e. The molecular weight excluding hydrogens is 234 g/mol. The van der Waals surface area contributed by atoms with E-state index in [4.69, 9.17) is 0 Å². The van der Waals surface area contributed by atoms with E-state index in [2.05, 4.69) is 0 Å². The summed E-state index contributed by atoms with van der Waals surface area (Å²) in [6, 6.07) is 9.05. The van der Waals surface area contributed by atoms with Crippen molar-refractivity contribution in [3.8, 4) is 0 Å². The summed E-state index contributed by atoms with van der Waals surface area (Å²) < 4.78 is 24.7. The summed E-state index contributed by atoms with van der Waals surface area (Å²) in [5.41, 5.74) is 0.917. The molecule has 3 nitrogen and oxygen atoms in total. The Kier molecular flexibility index (Phi) is 4.23. The molecule has 0 bridgehead atoms. The van der Waals surface area contributed by atoms with E-state index in [0.717, 1.165) is 10.9 Å². The van der Waals surface area contributed by atoms with Crippen molar-refractivity contribution in [3.05, 3.63) is 36.5 Å². The molecule has 0 unspecified atom stereocenters. The van der Waals surface area contributed by atoms with Crippen LogP contribution in [0, 0.1) is 0 Å². The number of sulfone groups is 1. The average Bonchev–Trinajstić information content (AvgIpc) is 2.30. The van der Waals surface area contributed by atoms with Crippen LogP contribution in [0.1, 0.15) is 13.8 Å². The fourth-order valence-electron chi connectivity index (χ4n) is 1.56. The van der Waals surface area contributed by atoms with E-state index in [1.165, 1.54) is 6.26 Å². The first-order chi connectivity index (χ1) is 7.98. The van der Waals surface area contributed by atoms with Gasteiger partial charge in [-0.2, -0.15) is 0 Å². The van der Waals surface area contributed by atoms with Crippen molar-refractivity contribution >= 4 is 20.7 Å². The van der Waals surface area contributed by atoms with Gasteiger partial charge >= 0.3 is 0 Å². The Balaban J connectivity index is 0.000000686. The van der Waals surface area contributed by atoms with Crippen molar-refractivity contribution < 1.29 is 13.0 Å². The summed E-state index contributed by atoms with van der Waals surface area (Å²) in [4.78, 5) is 0.358. The van der Waals surface area contributed by atoms with E-state index >= 15 is 0 Å². The summed E-state index contributed by atoms with van der Waals surface area (Å²) in [5.74, 6) is 0. The number of aryl methyl sites for hydroxylation is 1. The molecule has 17 heavy (non-hydrogen) atoms. The molecule has 0 N–H and O–H groups in total. The molecule has 2 rings (SSSR count). The molecule has 0 amide bonds. The lowest BCUT2D eigenvalue weighted by Crippen LogP contribution is -2.27. The second-order valence-electron chi connectivity index (χ2n) is 3.61. The summed E-state index contributed by atoms with van der Waals surface area (Å²) >= 11 is 0. The van der Waals surface area contributed by atoms with Crippen LogP contribution in [0.3, 0.4) is 0 Å². The van der Waals surface area contributed by atoms with Gasteiger partial charge in [0.2, 0.25) is 5.52 Å². The fourth-order valence-corrected chi connectivity index (χ4v) is 2.20. The van der Waals surface area contributed by atoms with Gasteiger partial charge in [0.15, 0.2) is 16.0 Å². The Morgan fingerprint density at radius 2 is 1.76 bits per heavy atom. The molecule has 92 valence electrons. The van der Waals surface area contributed by atoms with Crippen molar-refractivity contribution in [2.45, 2.75) is 18.7 Å². The first kappa shape index (κ1) is 13.6. The van der Waals surface area contributed by atoms with Crippen molar-refractivity contribution in [2.75, 3.05) is 6.26 Å². The van der Waals surface area contributed by atoms with Crippen LogP contribution in [-0.4, -0.2) is 14.7 Å². The first-order valence-electron chi connectivity index (χ1n) is 5.57. The normalized spacial score (nSPS) is 10.8. The van der Waals surface area contributed by atoms with Crippen LogP contribution >= 0.6 is 0 Å². The highest BCUT2D eigenvalue weighted by Gasteiger charge is 2.11. The summed E-state index contributed by atoms with van der Waals surface area (Å²) in [6.45, 7) is 4.00. The van der Waals surface area contributed by atoms with E-state index < -0.39 is 9.84 Å². The predicted molar refractivity (Wildman–Crippen MR) is 69.6 cm³/mol. The minimum atomic E-state index is -3.12. The standard InChI is InChI=1S/C11H12NO2S.C2H6/c1-12-7-3-4-9-5-6-10(8-11(9)12)15(2,13)14;1-2/h3-8H,1-2H3;1-2H3/q+1;.